The van der Waals surface area contributed by atoms with Gasteiger partial charge in [0.2, 0.25) is 5.91 Å². The summed E-state index contributed by atoms with van der Waals surface area (Å²) in [6.07, 6.45) is 3.54. The largest absolute Gasteiger partial charge is 0.376 e. The van der Waals surface area contributed by atoms with E-state index >= 15 is 0 Å². The molecule has 1 N–H and O–H groups in total. The van der Waals surface area contributed by atoms with Gasteiger partial charge in [-0.25, -0.2) is 0 Å². The van der Waals surface area contributed by atoms with Crippen LogP contribution in [0, 0.1) is 0 Å². The highest BCUT2D eigenvalue weighted by molar-refractivity contribution is 9.10. The summed E-state index contributed by atoms with van der Waals surface area (Å²) in [6, 6.07) is 7.86. The molecule has 0 saturated carbocycles. The van der Waals surface area contributed by atoms with Crippen molar-refractivity contribution in [1.82, 2.24) is 4.90 Å². The second kappa shape index (κ2) is 6.05. The third-order valence-electron chi connectivity index (χ3n) is 3.00. The lowest BCUT2D eigenvalue weighted by Crippen LogP contribution is -2.39. The van der Waals surface area contributed by atoms with Gasteiger partial charge in [-0.1, -0.05) is 15.9 Å². The Morgan fingerprint density at radius 3 is 2.47 bits per heavy atom. The molecule has 1 saturated heterocycles. The highest BCUT2D eigenvalue weighted by atomic mass is 79.9. The van der Waals surface area contributed by atoms with Crippen molar-refractivity contribution in [2.24, 2.45) is 0 Å². The molecule has 2 rings (SSSR count). The standard InChI is InChI=1S/C13H17BrN2O/c14-11-4-6-12(7-5-11)15-10-13(17)16-8-2-1-3-9-16/h4-7,15H,1-3,8-10H2. The van der Waals surface area contributed by atoms with Crippen molar-refractivity contribution in [2.45, 2.75) is 19.3 Å². The summed E-state index contributed by atoms with van der Waals surface area (Å²) in [5, 5.41) is 3.16. The molecule has 0 spiro atoms. The van der Waals surface area contributed by atoms with Crippen LogP contribution >= 0.6 is 15.9 Å². The highest BCUT2D eigenvalue weighted by Crippen LogP contribution is 2.14. The lowest BCUT2D eigenvalue weighted by molar-refractivity contribution is -0.130. The number of halogens is 1. The van der Waals surface area contributed by atoms with Crippen LogP contribution in [-0.2, 0) is 4.79 Å². The fourth-order valence-corrected chi connectivity index (χ4v) is 2.26. The number of carbonyl (C=O) groups is 1. The first-order valence-corrected chi connectivity index (χ1v) is 6.82. The van der Waals surface area contributed by atoms with Crippen LogP contribution in [-0.4, -0.2) is 30.4 Å². The molecule has 0 aromatic heterocycles. The van der Waals surface area contributed by atoms with Crippen LogP contribution in [0.3, 0.4) is 0 Å². The number of likely N-dealkylation sites (tertiary alicyclic amines) is 1. The van der Waals surface area contributed by atoms with Crippen molar-refractivity contribution in [2.75, 3.05) is 25.0 Å². The monoisotopic (exact) mass is 296 g/mol. The van der Waals surface area contributed by atoms with Crippen molar-refractivity contribution in [3.63, 3.8) is 0 Å². The van der Waals surface area contributed by atoms with Gasteiger partial charge in [0, 0.05) is 23.2 Å². The Kier molecular flexibility index (Phi) is 4.42. The van der Waals surface area contributed by atoms with Crippen LogP contribution < -0.4 is 5.32 Å². The number of amides is 1. The van der Waals surface area contributed by atoms with Crippen LogP contribution in [0.25, 0.3) is 0 Å². The molecule has 92 valence electrons. The zero-order chi connectivity index (χ0) is 12.1. The minimum absolute atomic E-state index is 0.201. The van der Waals surface area contributed by atoms with Crippen LogP contribution in [0.2, 0.25) is 0 Å². The minimum Gasteiger partial charge on any atom is -0.376 e. The average molecular weight is 297 g/mol. The van der Waals surface area contributed by atoms with E-state index in [2.05, 4.69) is 21.2 Å². The van der Waals surface area contributed by atoms with Crippen molar-refractivity contribution < 1.29 is 4.79 Å². The first-order chi connectivity index (χ1) is 8.25. The molecule has 1 aromatic carbocycles. The molecule has 0 radical (unpaired) electrons. The highest BCUT2D eigenvalue weighted by Gasteiger charge is 2.15. The minimum atomic E-state index is 0.201. The van der Waals surface area contributed by atoms with Crippen molar-refractivity contribution in [3.8, 4) is 0 Å². The van der Waals surface area contributed by atoms with E-state index in [1.54, 1.807) is 0 Å². The molecule has 4 heteroatoms. The fraction of sp³-hybridized carbons (Fsp3) is 0.462. The predicted molar refractivity (Wildman–Crippen MR) is 73.1 cm³/mol. The smallest absolute Gasteiger partial charge is 0.241 e. The molecule has 1 aliphatic heterocycles. The summed E-state index contributed by atoms with van der Waals surface area (Å²) in [7, 11) is 0. The maximum atomic E-state index is 11.9. The third-order valence-corrected chi connectivity index (χ3v) is 3.53. The van der Waals surface area contributed by atoms with Gasteiger partial charge in [-0.05, 0) is 43.5 Å². The predicted octanol–water partition coefficient (Wildman–Crippen LogP) is 2.87. The quantitative estimate of drug-likeness (QED) is 0.930. The molecule has 3 nitrogen and oxygen atoms in total. The number of rotatable bonds is 3. The zero-order valence-electron chi connectivity index (χ0n) is 9.79. The summed E-state index contributed by atoms with van der Waals surface area (Å²) in [5.41, 5.74) is 0.985. The molecular formula is C13H17BrN2O. The fourth-order valence-electron chi connectivity index (χ4n) is 2.00. The first kappa shape index (κ1) is 12.4. The Labute approximate surface area is 110 Å². The summed E-state index contributed by atoms with van der Waals surface area (Å²) in [5.74, 6) is 0.201. The van der Waals surface area contributed by atoms with Gasteiger partial charge in [0.25, 0.3) is 0 Å². The van der Waals surface area contributed by atoms with Gasteiger partial charge in [-0.15, -0.1) is 0 Å². The maximum Gasteiger partial charge on any atom is 0.241 e. The van der Waals surface area contributed by atoms with E-state index in [9.17, 15) is 4.79 Å². The van der Waals surface area contributed by atoms with Crippen LogP contribution in [0.5, 0.6) is 0 Å². The number of hydrogen-bond donors (Lipinski definition) is 1. The Hall–Kier alpha value is -1.03. The average Bonchev–Trinajstić information content (AvgIpc) is 2.39. The zero-order valence-corrected chi connectivity index (χ0v) is 11.4. The van der Waals surface area contributed by atoms with E-state index in [0.29, 0.717) is 6.54 Å². The molecule has 0 atom stereocenters. The Morgan fingerprint density at radius 2 is 1.82 bits per heavy atom. The topological polar surface area (TPSA) is 32.3 Å². The van der Waals surface area contributed by atoms with Gasteiger partial charge in [0.1, 0.15) is 0 Å². The molecule has 1 amide bonds. The summed E-state index contributed by atoms with van der Waals surface area (Å²) in [6.45, 7) is 2.23. The van der Waals surface area contributed by atoms with Gasteiger partial charge in [-0.3, -0.25) is 4.79 Å². The van der Waals surface area contributed by atoms with E-state index in [1.807, 2.05) is 29.2 Å². The summed E-state index contributed by atoms with van der Waals surface area (Å²) >= 11 is 3.39. The van der Waals surface area contributed by atoms with Crippen molar-refractivity contribution in [3.05, 3.63) is 28.7 Å². The van der Waals surface area contributed by atoms with Crippen molar-refractivity contribution >= 4 is 27.5 Å². The molecule has 1 heterocycles. The number of hydrogen-bond acceptors (Lipinski definition) is 2. The Balaban J connectivity index is 1.81. The van der Waals surface area contributed by atoms with Gasteiger partial charge >= 0.3 is 0 Å². The van der Waals surface area contributed by atoms with Crippen molar-refractivity contribution in [1.29, 1.82) is 0 Å². The number of benzene rings is 1. The lowest BCUT2D eigenvalue weighted by Gasteiger charge is -2.26. The van der Waals surface area contributed by atoms with E-state index in [1.165, 1.54) is 6.42 Å². The second-order valence-corrected chi connectivity index (χ2v) is 5.22. The van der Waals surface area contributed by atoms with Gasteiger partial charge in [0.15, 0.2) is 0 Å². The number of carbonyl (C=O) groups excluding carboxylic acids is 1. The number of piperidine rings is 1. The van der Waals surface area contributed by atoms with E-state index < -0.39 is 0 Å². The molecule has 0 bridgehead atoms. The molecular weight excluding hydrogens is 280 g/mol. The van der Waals surface area contributed by atoms with Gasteiger partial charge in [0.05, 0.1) is 6.54 Å². The van der Waals surface area contributed by atoms with Gasteiger partial charge in [-0.2, -0.15) is 0 Å². The van der Waals surface area contributed by atoms with Crippen LogP contribution in [0.1, 0.15) is 19.3 Å². The van der Waals surface area contributed by atoms with Gasteiger partial charge < -0.3 is 10.2 Å². The first-order valence-electron chi connectivity index (χ1n) is 6.03. The third kappa shape index (κ3) is 3.73. The van der Waals surface area contributed by atoms with E-state index in [-0.39, 0.29) is 5.91 Å². The van der Waals surface area contributed by atoms with E-state index in [4.69, 9.17) is 0 Å². The summed E-state index contributed by atoms with van der Waals surface area (Å²) < 4.78 is 1.05. The molecule has 17 heavy (non-hydrogen) atoms. The molecule has 1 aliphatic rings. The molecule has 0 aliphatic carbocycles. The maximum absolute atomic E-state index is 11.9. The number of nitrogens with one attached hydrogen (secondary N) is 1. The normalized spacial score (nSPS) is 15.7. The van der Waals surface area contributed by atoms with E-state index in [0.717, 1.165) is 36.1 Å². The SMILES string of the molecule is O=C(CNc1ccc(Br)cc1)N1CCCCC1. The van der Waals surface area contributed by atoms with Crippen LogP contribution in [0.15, 0.2) is 28.7 Å². The summed E-state index contributed by atoms with van der Waals surface area (Å²) in [4.78, 5) is 13.8. The number of nitrogens with zero attached hydrogens (tertiary/aromatic N) is 1. The Morgan fingerprint density at radius 1 is 1.18 bits per heavy atom. The Bertz CT molecular complexity index is 372. The molecule has 0 unspecified atom stereocenters. The van der Waals surface area contributed by atoms with Crippen LogP contribution in [0.4, 0.5) is 5.69 Å². The second-order valence-electron chi connectivity index (χ2n) is 4.30. The number of anilines is 1. The lowest BCUT2D eigenvalue weighted by atomic mass is 10.1. The molecule has 1 aromatic rings. The molecule has 1 fully saturated rings.